The minimum atomic E-state index is -2.05. The van der Waals surface area contributed by atoms with Gasteiger partial charge in [-0.2, -0.15) is 0 Å². The summed E-state index contributed by atoms with van der Waals surface area (Å²) in [4.78, 5) is 12.5. The van der Waals surface area contributed by atoms with Gasteiger partial charge in [0.15, 0.2) is 31.5 Å². The quantitative estimate of drug-likeness (QED) is 0.0920. The zero-order chi connectivity index (χ0) is 41.5. The van der Waals surface area contributed by atoms with E-state index in [0.29, 0.717) is 0 Å². The number of hydrogen-bond acceptors (Lipinski definition) is 23. The number of amides is 1. The van der Waals surface area contributed by atoms with Crippen molar-refractivity contribution >= 4 is 5.91 Å². The lowest BCUT2D eigenvalue weighted by Gasteiger charge is -2.51. The van der Waals surface area contributed by atoms with Gasteiger partial charge in [0, 0.05) is 6.92 Å². The van der Waals surface area contributed by atoms with E-state index in [0.717, 1.165) is 6.92 Å². The molecule has 326 valence electrons. The third-order valence-corrected chi connectivity index (χ3v) is 10.6. The van der Waals surface area contributed by atoms with Gasteiger partial charge in [-0.25, -0.2) is 0 Å². The van der Waals surface area contributed by atoms with Gasteiger partial charge >= 0.3 is 0 Å². The van der Waals surface area contributed by atoms with Crippen molar-refractivity contribution in [3.63, 3.8) is 0 Å². The molecule has 0 saturated carbocycles. The highest BCUT2D eigenvalue weighted by Gasteiger charge is 2.57. The summed E-state index contributed by atoms with van der Waals surface area (Å²) in [5, 5.41) is 140. The monoisotopic (exact) mass is 821 g/mol. The molecule has 0 radical (unpaired) electrons. The van der Waals surface area contributed by atoms with E-state index in [1.54, 1.807) is 0 Å². The molecule has 5 aliphatic heterocycles. The van der Waals surface area contributed by atoms with Crippen molar-refractivity contribution in [1.82, 2.24) is 5.32 Å². The smallest absolute Gasteiger partial charge is 0.217 e. The average Bonchev–Trinajstić information content (AvgIpc) is 3.15. The first-order valence-corrected chi connectivity index (χ1v) is 18.2. The van der Waals surface area contributed by atoms with Crippen LogP contribution in [0.5, 0.6) is 0 Å². The van der Waals surface area contributed by atoms with E-state index in [9.17, 15) is 71.2 Å². The van der Waals surface area contributed by atoms with Crippen molar-refractivity contribution in [3.05, 3.63) is 0 Å². The molecule has 24 heteroatoms. The van der Waals surface area contributed by atoms with Crippen molar-refractivity contribution < 1.29 is 114 Å². The molecule has 5 aliphatic rings. The predicted molar refractivity (Wildman–Crippen MR) is 174 cm³/mol. The highest BCUT2D eigenvalue weighted by molar-refractivity contribution is 5.73. The molecule has 0 unspecified atom stereocenters. The van der Waals surface area contributed by atoms with Gasteiger partial charge in [-0.1, -0.05) is 0 Å². The molecule has 5 heterocycles. The summed E-state index contributed by atoms with van der Waals surface area (Å²) in [5.41, 5.74) is 0. The fourth-order valence-electron chi connectivity index (χ4n) is 7.27. The maximum absolute atomic E-state index is 12.5. The van der Waals surface area contributed by atoms with Crippen LogP contribution in [0, 0.1) is 0 Å². The van der Waals surface area contributed by atoms with Crippen LogP contribution < -0.4 is 5.32 Å². The lowest BCUT2D eigenvalue weighted by atomic mass is 9.94. The number of carbonyl (C=O) groups is 1. The van der Waals surface area contributed by atoms with E-state index < -0.39 is 173 Å². The molecular formula is C32H55NO23. The summed E-state index contributed by atoms with van der Waals surface area (Å²) in [6, 6.07) is -1.57. The fourth-order valence-corrected chi connectivity index (χ4v) is 7.27. The Bertz CT molecular complexity index is 1270. The molecular weight excluding hydrogens is 766 g/mol. The Labute approximate surface area is 319 Å². The molecule has 5 rings (SSSR count). The lowest BCUT2D eigenvalue weighted by molar-refractivity contribution is -0.394. The molecule has 5 fully saturated rings. The summed E-state index contributed by atoms with van der Waals surface area (Å²) in [6.45, 7) is 3.49. The number of hydrogen-bond donors (Lipinski definition) is 14. The standard InChI is InChI=1S/C32H55NO23/c1-7-15(38)20(43)27(28(47)48-7)56-29-13(33-10(4)36)25(17(40)12(6-35)51-29)54-32-23(46)26(55-30-21(44)18(41)14(37)8(2)49-30)24(9(3)50-32)53-31-22(45)19(42)16(39)11(5-34)52-31/h7-9,11-32,34-35,37-47H,5-6H2,1-4H3,(H,33,36)/t7-,8-,9-,11+,12+,13+,14-,15-,16+,17+,18+,19-,20+,21+,22+,23+,24-,25+,26-,27+,28+,29-,30-,31+,32-/m0/s1. The third kappa shape index (κ3) is 9.31. The number of rotatable bonds is 11. The van der Waals surface area contributed by atoms with Crippen LogP contribution in [0.2, 0.25) is 0 Å². The van der Waals surface area contributed by atoms with Crippen molar-refractivity contribution in [2.75, 3.05) is 13.2 Å². The van der Waals surface area contributed by atoms with Gasteiger partial charge in [-0.05, 0) is 20.8 Å². The first kappa shape index (κ1) is 45.7. The molecule has 0 aromatic rings. The largest absolute Gasteiger partial charge is 0.394 e. The second-order valence-corrected chi connectivity index (χ2v) is 14.6. The van der Waals surface area contributed by atoms with E-state index in [1.165, 1.54) is 20.8 Å². The van der Waals surface area contributed by atoms with Gasteiger partial charge in [0.1, 0.15) is 104 Å². The summed E-state index contributed by atoms with van der Waals surface area (Å²) in [6.07, 6.45) is -40.2. The van der Waals surface area contributed by atoms with Gasteiger partial charge in [-0.15, -0.1) is 0 Å². The second kappa shape index (κ2) is 18.9. The fraction of sp³-hybridized carbons (Fsp3) is 0.969. The number of ether oxygens (including phenoxy) is 9. The number of nitrogens with one attached hydrogen (secondary N) is 1. The predicted octanol–water partition coefficient (Wildman–Crippen LogP) is -8.70. The third-order valence-electron chi connectivity index (χ3n) is 10.6. The lowest BCUT2D eigenvalue weighted by Crippen LogP contribution is -2.70. The normalized spacial score (nSPS) is 53.1. The Morgan fingerprint density at radius 2 is 0.911 bits per heavy atom. The van der Waals surface area contributed by atoms with E-state index in [1.807, 2.05) is 0 Å². The van der Waals surface area contributed by atoms with Crippen LogP contribution in [0.3, 0.4) is 0 Å². The molecule has 24 nitrogen and oxygen atoms in total. The number of aliphatic hydroxyl groups is 13. The van der Waals surface area contributed by atoms with Gasteiger partial charge < -0.3 is 114 Å². The number of carbonyl (C=O) groups excluding carboxylic acids is 1. The van der Waals surface area contributed by atoms with Crippen molar-refractivity contribution in [3.8, 4) is 0 Å². The maximum atomic E-state index is 12.5. The first-order valence-electron chi connectivity index (χ1n) is 18.2. The van der Waals surface area contributed by atoms with Gasteiger partial charge in [0.25, 0.3) is 0 Å². The van der Waals surface area contributed by atoms with Crippen LogP contribution in [0.4, 0.5) is 0 Å². The summed E-state index contributed by atoms with van der Waals surface area (Å²) >= 11 is 0. The molecule has 0 aliphatic carbocycles. The van der Waals surface area contributed by atoms with Crippen LogP contribution in [0.25, 0.3) is 0 Å². The molecule has 14 N–H and O–H groups in total. The van der Waals surface area contributed by atoms with Crippen LogP contribution in [0.15, 0.2) is 0 Å². The zero-order valence-corrected chi connectivity index (χ0v) is 30.7. The Kier molecular flexibility index (Phi) is 15.4. The molecule has 0 aromatic heterocycles. The SMILES string of the molecule is CC(=O)N[C@H]1[C@H](O[C@@H]2[C@H](O)[C@@H](O)[C@H](C)O[C@H]2O)O[C@H](CO)[C@@H](O)[C@@H]1O[C@@H]1O[C@@H](C)[C@H](O[C@H]2O[C@H](CO)[C@@H](O)[C@H](O)[C@H]2O)[C@@H](O[C@@H]2O[C@@H](C)[C@H](O)[C@@H](O)[C@H]2O)[C@H]1O. The first-order chi connectivity index (χ1) is 26.3. The highest BCUT2D eigenvalue weighted by Crippen LogP contribution is 2.36. The van der Waals surface area contributed by atoms with Gasteiger partial charge in [-0.3, -0.25) is 4.79 Å². The van der Waals surface area contributed by atoms with Crippen LogP contribution in [-0.2, 0) is 47.4 Å². The van der Waals surface area contributed by atoms with Crippen molar-refractivity contribution in [1.29, 1.82) is 0 Å². The van der Waals surface area contributed by atoms with Gasteiger partial charge in [0.05, 0.1) is 31.5 Å². The molecule has 0 aromatic carbocycles. The Morgan fingerprint density at radius 1 is 0.464 bits per heavy atom. The van der Waals surface area contributed by atoms with Crippen LogP contribution in [-0.4, -0.2) is 239 Å². The van der Waals surface area contributed by atoms with E-state index in [4.69, 9.17) is 42.6 Å². The van der Waals surface area contributed by atoms with E-state index >= 15 is 0 Å². The van der Waals surface area contributed by atoms with Crippen LogP contribution >= 0.6 is 0 Å². The van der Waals surface area contributed by atoms with E-state index in [-0.39, 0.29) is 0 Å². The topological polar surface area (TPSA) is 375 Å². The Balaban J connectivity index is 1.45. The Morgan fingerprint density at radius 3 is 1.52 bits per heavy atom. The highest BCUT2D eigenvalue weighted by atomic mass is 16.8. The molecule has 25 atom stereocenters. The average molecular weight is 822 g/mol. The summed E-state index contributed by atoms with van der Waals surface area (Å²) in [7, 11) is 0. The van der Waals surface area contributed by atoms with Crippen molar-refractivity contribution in [2.45, 2.75) is 181 Å². The zero-order valence-electron chi connectivity index (χ0n) is 30.7. The minimum absolute atomic E-state index is 0.740. The molecule has 1 amide bonds. The summed E-state index contributed by atoms with van der Waals surface area (Å²) in [5.74, 6) is -0.740. The molecule has 5 saturated heterocycles. The maximum Gasteiger partial charge on any atom is 0.217 e. The molecule has 56 heavy (non-hydrogen) atoms. The Hall–Kier alpha value is -1.41. The second-order valence-electron chi connectivity index (χ2n) is 14.6. The molecule has 0 bridgehead atoms. The van der Waals surface area contributed by atoms with Crippen molar-refractivity contribution in [2.24, 2.45) is 0 Å². The van der Waals surface area contributed by atoms with E-state index in [2.05, 4.69) is 5.32 Å². The van der Waals surface area contributed by atoms with Crippen LogP contribution in [0.1, 0.15) is 27.7 Å². The minimum Gasteiger partial charge on any atom is -0.394 e. The summed E-state index contributed by atoms with van der Waals surface area (Å²) < 4.78 is 51.7. The number of aliphatic hydroxyl groups excluding tert-OH is 13. The van der Waals surface area contributed by atoms with Gasteiger partial charge in [0.2, 0.25) is 5.91 Å². The molecule has 0 spiro atoms.